The molecular weight excluding hydrogens is 410 g/mol. The molecule has 1 amide bonds. The highest BCUT2D eigenvalue weighted by molar-refractivity contribution is 7.89. The van der Waals surface area contributed by atoms with Gasteiger partial charge in [0.2, 0.25) is 15.9 Å². The number of anilines is 1. The van der Waals surface area contributed by atoms with Crippen LogP contribution in [0.25, 0.3) is 10.8 Å². The van der Waals surface area contributed by atoms with Gasteiger partial charge in [-0.1, -0.05) is 30.3 Å². The number of benzene rings is 3. The van der Waals surface area contributed by atoms with Gasteiger partial charge in [0.1, 0.15) is 11.6 Å². The molecule has 30 heavy (non-hydrogen) atoms. The Morgan fingerprint density at radius 2 is 1.63 bits per heavy atom. The summed E-state index contributed by atoms with van der Waals surface area (Å²) >= 11 is 0. The predicted octanol–water partition coefficient (Wildman–Crippen LogP) is 4.16. The van der Waals surface area contributed by atoms with Crippen LogP contribution in [-0.2, 0) is 14.8 Å². The van der Waals surface area contributed by atoms with Gasteiger partial charge < -0.3 is 5.32 Å². The van der Waals surface area contributed by atoms with Crippen molar-refractivity contribution in [1.82, 2.24) is 4.31 Å². The first kappa shape index (κ1) is 20.4. The molecule has 0 aromatic heterocycles. The zero-order valence-electron chi connectivity index (χ0n) is 16.0. The molecule has 1 heterocycles. The van der Waals surface area contributed by atoms with Gasteiger partial charge in [0, 0.05) is 25.1 Å². The van der Waals surface area contributed by atoms with Crippen LogP contribution in [0.4, 0.5) is 14.5 Å². The summed E-state index contributed by atoms with van der Waals surface area (Å²) in [4.78, 5) is 12.6. The fourth-order valence-electron chi connectivity index (χ4n) is 3.66. The molecule has 1 saturated heterocycles. The van der Waals surface area contributed by atoms with Crippen molar-refractivity contribution in [3.63, 3.8) is 0 Å². The van der Waals surface area contributed by atoms with Gasteiger partial charge in [0.05, 0.1) is 10.6 Å². The monoisotopic (exact) mass is 430 g/mol. The van der Waals surface area contributed by atoms with E-state index in [0.29, 0.717) is 12.8 Å². The van der Waals surface area contributed by atoms with Gasteiger partial charge >= 0.3 is 0 Å². The third-order valence-corrected chi connectivity index (χ3v) is 7.26. The quantitative estimate of drug-likeness (QED) is 0.676. The average Bonchev–Trinajstić information content (AvgIpc) is 2.76. The van der Waals surface area contributed by atoms with Gasteiger partial charge in [-0.05, 0) is 47.9 Å². The van der Waals surface area contributed by atoms with E-state index in [1.807, 2.05) is 24.3 Å². The largest absolute Gasteiger partial charge is 0.323 e. The lowest BCUT2D eigenvalue weighted by atomic mass is 9.97. The number of hydrogen-bond donors (Lipinski definition) is 1. The van der Waals surface area contributed by atoms with Gasteiger partial charge in [-0.15, -0.1) is 0 Å². The van der Waals surface area contributed by atoms with E-state index in [0.717, 1.165) is 29.0 Å². The normalized spacial score (nSPS) is 15.9. The Kier molecular flexibility index (Phi) is 5.53. The summed E-state index contributed by atoms with van der Waals surface area (Å²) in [5.41, 5.74) is -0.216. The maximum absolute atomic E-state index is 13.7. The third-order valence-electron chi connectivity index (χ3n) is 5.37. The minimum atomic E-state index is -3.68. The van der Waals surface area contributed by atoms with E-state index in [1.165, 1.54) is 4.31 Å². The molecule has 0 atom stereocenters. The standard InChI is InChI=1S/C22H20F2N2O3S/c23-18-6-8-20(24)21(14-18)25-22(27)16-9-11-26(12-10-16)30(28,29)19-7-5-15-3-1-2-4-17(15)13-19/h1-8,13-14,16H,9-12H2,(H,25,27). The van der Waals surface area contributed by atoms with Crippen molar-refractivity contribution < 1.29 is 22.0 Å². The lowest BCUT2D eigenvalue weighted by Crippen LogP contribution is -2.41. The van der Waals surface area contributed by atoms with Crippen molar-refractivity contribution in [3.8, 4) is 0 Å². The predicted molar refractivity (Wildman–Crippen MR) is 110 cm³/mol. The molecule has 0 unspecified atom stereocenters. The summed E-state index contributed by atoms with van der Waals surface area (Å²) in [6, 6.07) is 15.4. The molecule has 0 bridgehead atoms. The average molecular weight is 430 g/mol. The van der Waals surface area contributed by atoms with Crippen molar-refractivity contribution in [1.29, 1.82) is 0 Å². The van der Waals surface area contributed by atoms with Gasteiger partial charge in [0.25, 0.3) is 0 Å². The van der Waals surface area contributed by atoms with E-state index < -0.39 is 33.5 Å². The van der Waals surface area contributed by atoms with Crippen molar-refractivity contribution in [3.05, 3.63) is 72.3 Å². The molecule has 0 saturated carbocycles. The molecule has 1 aliphatic rings. The summed E-state index contributed by atoms with van der Waals surface area (Å²) in [7, 11) is -3.68. The molecule has 5 nitrogen and oxygen atoms in total. The lowest BCUT2D eigenvalue weighted by Gasteiger charge is -2.30. The van der Waals surface area contributed by atoms with Crippen LogP contribution in [0, 0.1) is 17.6 Å². The second-order valence-electron chi connectivity index (χ2n) is 7.30. The number of rotatable bonds is 4. The van der Waals surface area contributed by atoms with E-state index in [-0.39, 0.29) is 23.7 Å². The van der Waals surface area contributed by atoms with E-state index >= 15 is 0 Å². The fourth-order valence-corrected chi connectivity index (χ4v) is 5.17. The maximum Gasteiger partial charge on any atom is 0.243 e. The molecule has 3 aromatic rings. The highest BCUT2D eigenvalue weighted by atomic mass is 32.2. The molecular formula is C22H20F2N2O3S. The van der Waals surface area contributed by atoms with Gasteiger partial charge in [-0.3, -0.25) is 4.79 Å². The zero-order chi connectivity index (χ0) is 21.3. The first-order valence-electron chi connectivity index (χ1n) is 9.59. The zero-order valence-corrected chi connectivity index (χ0v) is 16.8. The fraction of sp³-hybridized carbons (Fsp3) is 0.227. The van der Waals surface area contributed by atoms with Crippen molar-refractivity contribution in [2.75, 3.05) is 18.4 Å². The van der Waals surface area contributed by atoms with Crippen molar-refractivity contribution in [2.24, 2.45) is 5.92 Å². The first-order chi connectivity index (χ1) is 14.3. The molecule has 4 rings (SSSR count). The third kappa shape index (κ3) is 4.06. The van der Waals surface area contributed by atoms with Gasteiger partial charge in [0.15, 0.2) is 0 Å². The Labute approximate surface area is 173 Å². The van der Waals surface area contributed by atoms with Crippen LogP contribution in [0.15, 0.2) is 65.6 Å². The molecule has 1 aliphatic heterocycles. The van der Waals surface area contributed by atoms with Crippen LogP contribution in [-0.4, -0.2) is 31.7 Å². The number of piperidine rings is 1. The number of carbonyl (C=O) groups excluding carboxylic acids is 1. The lowest BCUT2D eigenvalue weighted by molar-refractivity contribution is -0.120. The number of amides is 1. The van der Waals surface area contributed by atoms with Crippen LogP contribution < -0.4 is 5.32 Å². The number of nitrogens with zero attached hydrogens (tertiary/aromatic N) is 1. The number of halogens is 2. The molecule has 0 radical (unpaired) electrons. The summed E-state index contributed by atoms with van der Waals surface area (Å²) in [6.45, 7) is 0.359. The Bertz CT molecular complexity index is 1210. The van der Waals surface area contributed by atoms with E-state index in [4.69, 9.17) is 0 Å². The molecule has 1 N–H and O–H groups in total. The van der Waals surface area contributed by atoms with E-state index in [1.54, 1.807) is 18.2 Å². The minimum absolute atomic E-state index is 0.179. The van der Waals surface area contributed by atoms with E-state index in [9.17, 15) is 22.0 Å². The highest BCUT2D eigenvalue weighted by Crippen LogP contribution is 2.27. The first-order valence-corrected chi connectivity index (χ1v) is 11.0. The number of fused-ring (bicyclic) bond motifs is 1. The molecule has 3 aromatic carbocycles. The van der Waals surface area contributed by atoms with Crippen LogP contribution >= 0.6 is 0 Å². The van der Waals surface area contributed by atoms with Crippen LogP contribution in [0.2, 0.25) is 0 Å². The van der Waals surface area contributed by atoms with Gasteiger partial charge in [-0.2, -0.15) is 4.31 Å². The molecule has 0 spiro atoms. The number of hydrogen-bond acceptors (Lipinski definition) is 3. The topological polar surface area (TPSA) is 66.5 Å². The SMILES string of the molecule is O=C(Nc1cc(F)ccc1F)C1CCN(S(=O)(=O)c2ccc3ccccc3c2)CC1. The Morgan fingerprint density at radius 1 is 0.933 bits per heavy atom. The summed E-state index contributed by atoms with van der Waals surface area (Å²) < 4.78 is 54.4. The van der Waals surface area contributed by atoms with Crippen LogP contribution in [0.5, 0.6) is 0 Å². The van der Waals surface area contributed by atoms with Crippen LogP contribution in [0.1, 0.15) is 12.8 Å². The Morgan fingerprint density at radius 3 is 2.37 bits per heavy atom. The molecule has 8 heteroatoms. The number of carbonyl (C=O) groups is 1. The highest BCUT2D eigenvalue weighted by Gasteiger charge is 2.32. The second-order valence-corrected chi connectivity index (χ2v) is 9.24. The maximum atomic E-state index is 13.7. The summed E-state index contributed by atoms with van der Waals surface area (Å²) in [6.07, 6.45) is 0.602. The van der Waals surface area contributed by atoms with Crippen molar-refractivity contribution in [2.45, 2.75) is 17.7 Å². The van der Waals surface area contributed by atoms with E-state index in [2.05, 4.69) is 5.32 Å². The number of sulfonamides is 1. The number of nitrogens with one attached hydrogen (secondary N) is 1. The molecule has 1 fully saturated rings. The Balaban J connectivity index is 1.44. The summed E-state index contributed by atoms with van der Waals surface area (Å²) in [5.74, 6) is -2.29. The van der Waals surface area contributed by atoms with Crippen LogP contribution in [0.3, 0.4) is 0 Å². The molecule has 156 valence electrons. The summed E-state index contributed by atoms with van der Waals surface area (Å²) in [5, 5.41) is 4.20. The molecule has 0 aliphatic carbocycles. The second kappa shape index (κ2) is 8.12. The van der Waals surface area contributed by atoms with Crippen molar-refractivity contribution >= 4 is 32.4 Å². The van der Waals surface area contributed by atoms with Gasteiger partial charge in [-0.25, -0.2) is 17.2 Å². The smallest absolute Gasteiger partial charge is 0.243 e. The minimum Gasteiger partial charge on any atom is -0.323 e. The Hall–Kier alpha value is -2.84.